The van der Waals surface area contributed by atoms with Gasteiger partial charge in [-0.1, -0.05) is 30.3 Å². The second-order valence-corrected chi connectivity index (χ2v) is 8.69. The first-order valence-corrected chi connectivity index (χ1v) is 11.1. The van der Waals surface area contributed by atoms with Gasteiger partial charge in [-0.2, -0.15) is 0 Å². The van der Waals surface area contributed by atoms with Gasteiger partial charge in [0.05, 0.1) is 0 Å². The number of nitrogens with one attached hydrogen (secondary N) is 2. The molecule has 0 aliphatic carbocycles. The summed E-state index contributed by atoms with van der Waals surface area (Å²) in [6.45, 7) is 11.6. The van der Waals surface area contributed by atoms with Crippen LogP contribution in [-0.4, -0.2) is 74.2 Å². The number of likely N-dealkylation sites (tertiary alicyclic amines) is 2. The summed E-state index contributed by atoms with van der Waals surface area (Å²) in [5.74, 6) is 1.70. The van der Waals surface area contributed by atoms with Gasteiger partial charge in [0.15, 0.2) is 5.96 Å². The summed E-state index contributed by atoms with van der Waals surface area (Å²) in [6.07, 6.45) is 4.84. The first kappa shape index (κ1) is 24.4. The summed E-state index contributed by atoms with van der Waals surface area (Å²) in [5, 5.41) is 7.23. The molecule has 1 aromatic rings. The van der Waals surface area contributed by atoms with Crippen molar-refractivity contribution in [3.05, 3.63) is 35.9 Å². The van der Waals surface area contributed by atoms with Crippen LogP contribution < -0.4 is 10.6 Å². The zero-order chi connectivity index (χ0) is 19.8. The van der Waals surface area contributed by atoms with E-state index in [1.54, 1.807) is 0 Å². The largest absolute Gasteiger partial charge is 0.356 e. The molecule has 2 fully saturated rings. The summed E-state index contributed by atoms with van der Waals surface area (Å²) in [5.41, 5.74) is 1.44. The van der Waals surface area contributed by atoms with Crippen LogP contribution in [0.1, 0.15) is 38.7 Å². The lowest BCUT2D eigenvalue weighted by Gasteiger charge is -2.35. The topological polar surface area (TPSA) is 42.9 Å². The lowest BCUT2D eigenvalue weighted by Crippen LogP contribution is -2.50. The third-order valence-electron chi connectivity index (χ3n) is 6.31. The molecular formula is C23H40IN5. The van der Waals surface area contributed by atoms with E-state index in [-0.39, 0.29) is 24.0 Å². The van der Waals surface area contributed by atoms with E-state index in [0.29, 0.717) is 12.1 Å². The molecule has 2 aliphatic heterocycles. The van der Waals surface area contributed by atoms with Gasteiger partial charge in [0.1, 0.15) is 0 Å². The van der Waals surface area contributed by atoms with Gasteiger partial charge in [-0.15, -0.1) is 24.0 Å². The van der Waals surface area contributed by atoms with Crippen LogP contribution >= 0.6 is 24.0 Å². The quantitative estimate of drug-likeness (QED) is 0.334. The van der Waals surface area contributed by atoms with Gasteiger partial charge in [-0.3, -0.25) is 4.99 Å². The lowest BCUT2D eigenvalue weighted by atomic mass is 10.0. The van der Waals surface area contributed by atoms with Gasteiger partial charge in [0, 0.05) is 51.9 Å². The molecule has 2 aliphatic rings. The molecule has 164 valence electrons. The minimum absolute atomic E-state index is 0. The summed E-state index contributed by atoms with van der Waals surface area (Å²) in [6, 6.07) is 12.0. The van der Waals surface area contributed by atoms with E-state index in [9.17, 15) is 0 Å². The normalized spacial score (nSPS) is 21.9. The first-order valence-electron chi connectivity index (χ1n) is 11.1. The van der Waals surface area contributed by atoms with Crippen LogP contribution in [0.3, 0.4) is 0 Å². The van der Waals surface area contributed by atoms with Crippen LogP contribution in [0.5, 0.6) is 0 Å². The van der Waals surface area contributed by atoms with Crippen LogP contribution in [0.15, 0.2) is 35.3 Å². The molecule has 0 saturated carbocycles. The number of nitrogens with zero attached hydrogens (tertiary/aromatic N) is 3. The van der Waals surface area contributed by atoms with E-state index in [1.807, 2.05) is 7.05 Å². The number of halogens is 1. The molecule has 1 unspecified atom stereocenters. The van der Waals surface area contributed by atoms with E-state index < -0.39 is 0 Å². The molecule has 2 N–H and O–H groups in total. The Morgan fingerprint density at radius 1 is 1.10 bits per heavy atom. The Bertz CT molecular complexity index is 599. The number of hydrogen-bond acceptors (Lipinski definition) is 3. The van der Waals surface area contributed by atoms with E-state index in [4.69, 9.17) is 0 Å². The second kappa shape index (κ2) is 12.7. The third-order valence-corrected chi connectivity index (χ3v) is 6.31. The average Bonchev–Trinajstić information content (AvgIpc) is 3.18. The third kappa shape index (κ3) is 8.06. The molecular weight excluding hydrogens is 473 g/mol. The summed E-state index contributed by atoms with van der Waals surface area (Å²) < 4.78 is 0. The van der Waals surface area contributed by atoms with Crippen LogP contribution in [0.25, 0.3) is 0 Å². The van der Waals surface area contributed by atoms with Crippen molar-refractivity contribution in [2.75, 3.05) is 46.3 Å². The summed E-state index contributed by atoms with van der Waals surface area (Å²) in [4.78, 5) is 9.63. The summed E-state index contributed by atoms with van der Waals surface area (Å²) >= 11 is 0. The molecule has 2 saturated heterocycles. The highest BCUT2D eigenvalue weighted by molar-refractivity contribution is 14.0. The van der Waals surface area contributed by atoms with Gasteiger partial charge in [-0.25, -0.2) is 0 Å². The second-order valence-electron chi connectivity index (χ2n) is 8.69. The van der Waals surface area contributed by atoms with Gasteiger partial charge >= 0.3 is 0 Å². The summed E-state index contributed by atoms with van der Waals surface area (Å²) in [7, 11) is 1.89. The maximum absolute atomic E-state index is 4.46. The molecule has 0 radical (unpaired) electrons. The van der Waals surface area contributed by atoms with Crippen LogP contribution in [0.2, 0.25) is 0 Å². The maximum atomic E-state index is 4.46. The first-order chi connectivity index (χ1) is 13.6. The molecule has 3 rings (SSSR count). The highest BCUT2D eigenvalue weighted by Crippen LogP contribution is 2.16. The van der Waals surface area contributed by atoms with Crippen molar-refractivity contribution in [2.24, 2.45) is 10.9 Å². The van der Waals surface area contributed by atoms with Crippen molar-refractivity contribution in [3.8, 4) is 0 Å². The average molecular weight is 514 g/mol. The van der Waals surface area contributed by atoms with Gasteiger partial charge in [0.2, 0.25) is 0 Å². The van der Waals surface area contributed by atoms with Crippen molar-refractivity contribution in [2.45, 2.75) is 51.6 Å². The molecule has 0 amide bonds. The Balaban J connectivity index is 0.00000300. The molecule has 0 aromatic heterocycles. The van der Waals surface area contributed by atoms with Gasteiger partial charge < -0.3 is 20.4 Å². The number of hydrogen-bond donors (Lipinski definition) is 2. The fourth-order valence-electron chi connectivity index (χ4n) is 4.40. The fraction of sp³-hybridized carbons (Fsp3) is 0.696. The monoisotopic (exact) mass is 513 g/mol. The van der Waals surface area contributed by atoms with E-state index in [1.165, 1.54) is 57.5 Å². The molecule has 6 heteroatoms. The van der Waals surface area contributed by atoms with Crippen molar-refractivity contribution in [3.63, 3.8) is 0 Å². The van der Waals surface area contributed by atoms with Crippen LogP contribution in [0.4, 0.5) is 0 Å². The van der Waals surface area contributed by atoms with Crippen molar-refractivity contribution < 1.29 is 0 Å². The van der Waals surface area contributed by atoms with Crippen molar-refractivity contribution >= 4 is 29.9 Å². The van der Waals surface area contributed by atoms with E-state index in [2.05, 4.69) is 69.6 Å². The molecule has 29 heavy (non-hydrogen) atoms. The van der Waals surface area contributed by atoms with Crippen LogP contribution in [-0.2, 0) is 6.42 Å². The maximum Gasteiger partial charge on any atom is 0.191 e. The minimum atomic E-state index is 0. The number of piperidine rings is 1. The Kier molecular flexibility index (Phi) is 10.7. The Morgan fingerprint density at radius 3 is 2.48 bits per heavy atom. The smallest absolute Gasteiger partial charge is 0.191 e. The molecule has 5 nitrogen and oxygen atoms in total. The fourth-order valence-corrected chi connectivity index (χ4v) is 4.40. The molecule has 2 heterocycles. The van der Waals surface area contributed by atoms with Crippen molar-refractivity contribution in [1.82, 2.24) is 20.4 Å². The minimum Gasteiger partial charge on any atom is -0.356 e. The number of rotatable bonds is 7. The lowest BCUT2D eigenvalue weighted by molar-refractivity contribution is 0.167. The number of guanidine groups is 1. The van der Waals surface area contributed by atoms with Gasteiger partial charge in [-0.05, 0) is 57.6 Å². The van der Waals surface area contributed by atoms with Crippen molar-refractivity contribution in [1.29, 1.82) is 0 Å². The van der Waals surface area contributed by atoms with Crippen LogP contribution in [0, 0.1) is 5.92 Å². The number of aliphatic imine (C=N–C) groups is 1. The SMILES string of the molecule is CN=C(NCC1CCN(CCc2ccccc2)C1)NC1CCN(C(C)C)CC1.I. The van der Waals surface area contributed by atoms with Gasteiger partial charge in [0.25, 0.3) is 0 Å². The predicted octanol–water partition coefficient (Wildman–Crippen LogP) is 3.21. The predicted molar refractivity (Wildman–Crippen MR) is 134 cm³/mol. The Labute approximate surface area is 194 Å². The van der Waals surface area contributed by atoms with E-state index >= 15 is 0 Å². The molecule has 1 aromatic carbocycles. The zero-order valence-electron chi connectivity index (χ0n) is 18.4. The zero-order valence-corrected chi connectivity index (χ0v) is 20.8. The Hall–Kier alpha value is -0.860. The van der Waals surface area contributed by atoms with E-state index in [0.717, 1.165) is 24.8 Å². The molecule has 0 bridgehead atoms. The Morgan fingerprint density at radius 2 is 1.83 bits per heavy atom. The highest BCUT2D eigenvalue weighted by atomic mass is 127. The highest BCUT2D eigenvalue weighted by Gasteiger charge is 2.24. The number of benzene rings is 1. The molecule has 1 atom stereocenters. The standard InChI is InChI=1S/C23H39N5.HI/c1-19(2)28-15-11-22(12-16-28)26-23(24-3)25-17-21-10-14-27(18-21)13-9-20-7-5-4-6-8-20;/h4-8,19,21-22H,9-18H2,1-3H3,(H2,24,25,26);1H. The molecule has 0 spiro atoms.